The molecule has 108 valence electrons. The molecule has 0 amide bonds. The third kappa shape index (κ3) is 2.88. The van der Waals surface area contributed by atoms with Gasteiger partial charge in [0.05, 0.1) is 12.7 Å². The van der Waals surface area contributed by atoms with E-state index >= 15 is 0 Å². The van der Waals surface area contributed by atoms with Gasteiger partial charge in [0.25, 0.3) is 0 Å². The molecule has 2 aliphatic heterocycles. The zero-order valence-electron chi connectivity index (χ0n) is 11.2. The predicted molar refractivity (Wildman–Crippen MR) is 71.8 cm³/mol. The lowest BCUT2D eigenvalue weighted by molar-refractivity contribution is -0.0416. The van der Waals surface area contributed by atoms with Gasteiger partial charge in [-0.3, -0.25) is 4.90 Å². The Morgan fingerprint density at radius 2 is 2.40 bits per heavy atom. The van der Waals surface area contributed by atoms with Gasteiger partial charge in [-0.05, 0) is 31.5 Å². The van der Waals surface area contributed by atoms with Crippen molar-refractivity contribution >= 4 is 11.8 Å². The number of aromatic nitrogens is 2. The van der Waals surface area contributed by atoms with Gasteiger partial charge in [0.2, 0.25) is 0 Å². The molecule has 0 bridgehead atoms. The van der Waals surface area contributed by atoms with E-state index < -0.39 is 5.97 Å². The second kappa shape index (κ2) is 5.72. The lowest BCUT2D eigenvalue weighted by Gasteiger charge is -2.35. The Kier molecular flexibility index (Phi) is 3.79. The molecular formula is C13H18N4O3. The SMILES string of the molecule is O=C(O)c1ccc(NCC2CN3CCCC3CO2)nn1. The van der Waals surface area contributed by atoms with Gasteiger partial charge < -0.3 is 15.2 Å². The number of aromatic carboxylic acids is 1. The van der Waals surface area contributed by atoms with Gasteiger partial charge in [-0.25, -0.2) is 4.79 Å². The van der Waals surface area contributed by atoms with Gasteiger partial charge in [-0.2, -0.15) is 0 Å². The zero-order chi connectivity index (χ0) is 13.9. The van der Waals surface area contributed by atoms with Crippen LogP contribution in [0.4, 0.5) is 5.82 Å². The molecule has 2 aliphatic rings. The summed E-state index contributed by atoms with van der Waals surface area (Å²) in [5.74, 6) is -0.498. The number of ether oxygens (including phenoxy) is 1. The summed E-state index contributed by atoms with van der Waals surface area (Å²) in [6, 6.07) is 3.66. The Bertz CT molecular complexity index is 479. The molecule has 1 aromatic heterocycles. The molecule has 20 heavy (non-hydrogen) atoms. The predicted octanol–water partition coefficient (Wildman–Crippen LogP) is 0.450. The Hall–Kier alpha value is -1.73. The third-order valence-corrected chi connectivity index (χ3v) is 3.86. The molecular weight excluding hydrogens is 260 g/mol. The summed E-state index contributed by atoms with van der Waals surface area (Å²) >= 11 is 0. The number of fused-ring (bicyclic) bond motifs is 1. The molecule has 7 nitrogen and oxygen atoms in total. The minimum absolute atomic E-state index is 0.0515. The van der Waals surface area contributed by atoms with E-state index in [1.807, 2.05) is 0 Å². The summed E-state index contributed by atoms with van der Waals surface area (Å²) in [6.45, 7) is 3.57. The average molecular weight is 278 g/mol. The fourth-order valence-corrected chi connectivity index (χ4v) is 2.77. The fraction of sp³-hybridized carbons (Fsp3) is 0.615. The smallest absolute Gasteiger partial charge is 0.356 e. The first-order valence-corrected chi connectivity index (χ1v) is 6.89. The molecule has 2 fully saturated rings. The number of carboxylic acid groups (broad SMARTS) is 1. The highest BCUT2D eigenvalue weighted by Gasteiger charge is 2.31. The van der Waals surface area contributed by atoms with Crippen molar-refractivity contribution in [1.82, 2.24) is 15.1 Å². The number of rotatable bonds is 4. The van der Waals surface area contributed by atoms with E-state index in [1.54, 1.807) is 6.07 Å². The van der Waals surface area contributed by atoms with Crippen LogP contribution in [0.5, 0.6) is 0 Å². The molecule has 3 heterocycles. The van der Waals surface area contributed by atoms with Crippen molar-refractivity contribution in [2.75, 3.05) is 31.6 Å². The number of nitrogens with zero attached hydrogens (tertiary/aromatic N) is 3. The van der Waals surface area contributed by atoms with E-state index in [0.29, 0.717) is 18.4 Å². The van der Waals surface area contributed by atoms with Crippen LogP contribution in [-0.4, -0.2) is 64.6 Å². The summed E-state index contributed by atoms with van der Waals surface area (Å²) < 4.78 is 5.83. The molecule has 3 rings (SSSR count). The number of nitrogens with one attached hydrogen (secondary N) is 1. The maximum atomic E-state index is 10.7. The molecule has 2 saturated heterocycles. The van der Waals surface area contributed by atoms with Crippen LogP contribution >= 0.6 is 0 Å². The second-order valence-corrected chi connectivity index (χ2v) is 5.24. The number of anilines is 1. The average Bonchev–Trinajstić information content (AvgIpc) is 2.93. The van der Waals surface area contributed by atoms with Gasteiger partial charge in [-0.1, -0.05) is 0 Å². The molecule has 0 saturated carbocycles. The first kappa shape index (κ1) is 13.3. The van der Waals surface area contributed by atoms with Crippen molar-refractivity contribution in [1.29, 1.82) is 0 Å². The van der Waals surface area contributed by atoms with Crippen LogP contribution in [0.3, 0.4) is 0 Å². The van der Waals surface area contributed by atoms with E-state index in [-0.39, 0.29) is 11.8 Å². The Labute approximate surface area is 116 Å². The molecule has 2 unspecified atom stereocenters. The number of hydrogen-bond donors (Lipinski definition) is 2. The van der Waals surface area contributed by atoms with Crippen LogP contribution in [0.2, 0.25) is 0 Å². The van der Waals surface area contributed by atoms with Crippen molar-refractivity contribution in [3.63, 3.8) is 0 Å². The number of carbonyl (C=O) groups is 1. The lowest BCUT2D eigenvalue weighted by atomic mass is 10.2. The van der Waals surface area contributed by atoms with Crippen molar-refractivity contribution < 1.29 is 14.6 Å². The maximum Gasteiger partial charge on any atom is 0.356 e. The second-order valence-electron chi connectivity index (χ2n) is 5.24. The maximum absolute atomic E-state index is 10.7. The highest BCUT2D eigenvalue weighted by molar-refractivity contribution is 5.85. The topological polar surface area (TPSA) is 87.6 Å². The van der Waals surface area contributed by atoms with Gasteiger partial charge >= 0.3 is 5.97 Å². The summed E-state index contributed by atoms with van der Waals surface area (Å²) in [4.78, 5) is 13.2. The van der Waals surface area contributed by atoms with Crippen molar-refractivity contribution in [2.45, 2.75) is 25.0 Å². The molecule has 1 aromatic rings. The number of carboxylic acids is 1. The standard InChI is InChI=1S/C13H18N4O3/c18-13(19)11-3-4-12(16-15-11)14-6-10-7-17-5-1-2-9(17)8-20-10/h3-4,9-10H,1-2,5-8H2,(H,14,16)(H,18,19). The molecule has 2 N–H and O–H groups in total. The third-order valence-electron chi connectivity index (χ3n) is 3.86. The molecule has 2 atom stereocenters. The molecule has 0 radical (unpaired) electrons. The Morgan fingerprint density at radius 3 is 3.15 bits per heavy atom. The largest absolute Gasteiger partial charge is 0.476 e. The van der Waals surface area contributed by atoms with Crippen LogP contribution in [0.15, 0.2) is 12.1 Å². The van der Waals surface area contributed by atoms with Gasteiger partial charge in [0.15, 0.2) is 5.69 Å². The van der Waals surface area contributed by atoms with Crippen molar-refractivity contribution in [3.05, 3.63) is 17.8 Å². The first-order valence-electron chi connectivity index (χ1n) is 6.89. The van der Waals surface area contributed by atoms with E-state index in [0.717, 1.165) is 19.7 Å². The van der Waals surface area contributed by atoms with Crippen LogP contribution in [-0.2, 0) is 4.74 Å². The Balaban J connectivity index is 1.50. The van der Waals surface area contributed by atoms with E-state index in [4.69, 9.17) is 9.84 Å². The molecule has 0 aliphatic carbocycles. The van der Waals surface area contributed by atoms with Crippen molar-refractivity contribution in [2.24, 2.45) is 0 Å². The van der Waals surface area contributed by atoms with Crippen molar-refractivity contribution in [3.8, 4) is 0 Å². The fourth-order valence-electron chi connectivity index (χ4n) is 2.77. The number of hydrogen-bond acceptors (Lipinski definition) is 6. The van der Waals surface area contributed by atoms with E-state index in [1.165, 1.54) is 18.9 Å². The van der Waals surface area contributed by atoms with Crippen LogP contribution in [0.1, 0.15) is 23.3 Å². The van der Waals surface area contributed by atoms with Crippen LogP contribution in [0, 0.1) is 0 Å². The summed E-state index contributed by atoms with van der Waals surface area (Å²) in [5.41, 5.74) is -0.0515. The molecule has 0 aromatic carbocycles. The highest BCUT2D eigenvalue weighted by atomic mass is 16.5. The minimum atomic E-state index is -1.07. The summed E-state index contributed by atoms with van der Waals surface area (Å²) in [7, 11) is 0. The molecule has 0 spiro atoms. The number of morpholine rings is 1. The van der Waals surface area contributed by atoms with E-state index in [9.17, 15) is 4.79 Å². The summed E-state index contributed by atoms with van der Waals surface area (Å²) in [5, 5.41) is 19.4. The quantitative estimate of drug-likeness (QED) is 0.826. The first-order chi connectivity index (χ1) is 9.72. The monoisotopic (exact) mass is 278 g/mol. The Morgan fingerprint density at radius 1 is 1.50 bits per heavy atom. The van der Waals surface area contributed by atoms with Crippen LogP contribution < -0.4 is 5.32 Å². The van der Waals surface area contributed by atoms with Gasteiger partial charge in [0.1, 0.15) is 5.82 Å². The van der Waals surface area contributed by atoms with Gasteiger partial charge in [-0.15, -0.1) is 10.2 Å². The highest BCUT2D eigenvalue weighted by Crippen LogP contribution is 2.22. The van der Waals surface area contributed by atoms with Crippen LogP contribution in [0.25, 0.3) is 0 Å². The molecule has 7 heteroatoms. The summed E-state index contributed by atoms with van der Waals surface area (Å²) in [6.07, 6.45) is 2.64. The normalized spacial score (nSPS) is 26.2. The van der Waals surface area contributed by atoms with Gasteiger partial charge in [0, 0.05) is 19.1 Å². The van der Waals surface area contributed by atoms with E-state index in [2.05, 4.69) is 20.4 Å². The lowest BCUT2D eigenvalue weighted by Crippen LogP contribution is -2.48. The zero-order valence-corrected chi connectivity index (χ0v) is 11.2. The minimum Gasteiger partial charge on any atom is -0.476 e.